The molecule has 1 rings (SSSR count). The first-order valence-corrected chi connectivity index (χ1v) is 4.96. The van der Waals surface area contributed by atoms with Gasteiger partial charge >= 0.3 is 11.9 Å². The zero-order valence-electron chi connectivity index (χ0n) is 9.17. The first kappa shape index (κ1) is 13.0. The third-order valence-electron chi connectivity index (χ3n) is 2.30. The van der Waals surface area contributed by atoms with Gasteiger partial charge in [0.2, 0.25) is 0 Å². The molecule has 1 aromatic carbocycles. The molecule has 0 atom stereocenters. The number of nitrogens with one attached hydrogen (secondary N) is 1. The summed E-state index contributed by atoms with van der Waals surface area (Å²) in [5.74, 6) is -3.64. The number of hydrogen-bond acceptors (Lipinski definition) is 4. The van der Waals surface area contributed by atoms with Crippen LogP contribution in [0.15, 0.2) is 24.3 Å². The molecule has 0 aliphatic rings. The van der Waals surface area contributed by atoms with Crippen LogP contribution in [-0.4, -0.2) is 33.8 Å². The van der Waals surface area contributed by atoms with E-state index in [9.17, 15) is 14.7 Å². The van der Waals surface area contributed by atoms with Gasteiger partial charge in [-0.1, -0.05) is 12.1 Å². The molecule has 0 unspecified atom stereocenters. The van der Waals surface area contributed by atoms with Gasteiger partial charge in [0.15, 0.2) is 0 Å². The molecule has 0 amide bonds. The molecule has 0 bridgehead atoms. The Balaban J connectivity index is 3.13. The Labute approximate surface area is 97.5 Å². The van der Waals surface area contributed by atoms with Crippen molar-refractivity contribution < 1.29 is 24.9 Å². The normalized spacial score (nSPS) is 10.9. The summed E-state index contributed by atoms with van der Waals surface area (Å²) in [4.78, 5) is 21.7. The van der Waals surface area contributed by atoms with Crippen LogP contribution in [0.1, 0.15) is 12.5 Å². The van der Waals surface area contributed by atoms with E-state index in [1.807, 2.05) is 6.92 Å². The van der Waals surface area contributed by atoms with Crippen LogP contribution in [0, 0.1) is 0 Å². The van der Waals surface area contributed by atoms with Crippen LogP contribution in [-0.2, 0) is 15.2 Å². The molecule has 4 N–H and O–H groups in total. The van der Waals surface area contributed by atoms with Crippen LogP contribution in [0.25, 0.3) is 0 Å². The predicted octanol–water partition coefficient (Wildman–Crippen LogP) is 0.475. The fraction of sp³-hybridized carbons (Fsp3) is 0.273. The summed E-state index contributed by atoms with van der Waals surface area (Å²) in [5.41, 5.74) is -2.39. The number of hydrogen-bond donors (Lipinski definition) is 4. The van der Waals surface area contributed by atoms with E-state index in [1.54, 1.807) is 0 Å². The van der Waals surface area contributed by atoms with Gasteiger partial charge in [0, 0.05) is 17.8 Å². The molecule has 0 aromatic heterocycles. The Morgan fingerprint density at radius 2 is 1.65 bits per heavy atom. The zero-order valence-corrected chi connectivity index (χ0v) is 9.17. The molecule has 6 heteroatoms. The number of carbonyl (C=O) groups is 2. The highest BCUT2D eigenvalue weighted by Crippen LogP contribution is 2.23. The number of aliphatic carboxylic acids is 2. The van der Waals surface area contributed by atoms with Crippen molar-refractivity contribution in [3.8, 4) is 0 Å². The van der Waals surface area contributed by atoms with Gasteiger partial charge in [-0.3, -0.25) is 0 Å². The highest BCUT2D eigenvalue weighted by molar-refractivity contribution is 6.02. The summed E-state index contributed by atoms with van der Waals surface area (Å²) in [6, 6.07) is 5.55. The Bertz CT molecular complexity index is 412. The van der Waals surface area contributed by atoms with E-state index >= 15 is 0 Å². The molecule has 17 heavy (non-hydrogen) atoms. The first-order valence-electron chi connectivity index (χ1n) is 4.96. The van der Waals surface area contributed by atoms with E-state index in [2.05, 4.69) is 5.32 Å². The molecule has 1 aromatic rings. The summed E-state index contributed by atoms with van der Waals surface area (Å²) in [6.07, 6.45) is 0. The summed E-state index contributed by atoms with van der Waals surface area (Å²) in [7, 11) is 0. The lowest BCUT2D eigenvalue weighted by molar-refractivity contribution is -0.177. The maximum absolute atomic E-state index is 10.8. The predicted molar refractivity (Wildman–Crippen MR) is 59.8 cm³/mol. The van der Waals surface area contributed by atoms with E-state index < -0.39 is 17.5 Å². The van der Waals surface area contributed by atoms with E-state index in [4.69, 9.17) is 10.2 Å². The summed E-state index contributed by atoms with van der Waals surface area (Å²) in [5, 5.41) is 30.2. The van der Waals surface area contributed by atoms with Crippen LogP contribution in [0.5, 0.6) is 0 Å². The van der Waals surface area contributed by atoms with E-state index in [0.717, 1.165) is 5.69 Å². The number of benzene rings is 1. The van der Waals surface area contributed by atoms with Crippen LogP contribution in [0.4, 0.5) is 5.69 Å². The van der Waals surface area contributed by atoms with Gasteiger partial charge in [0.1, 0.15) is 0 Å². The molecule has 92 valence electrons. The lowest BCUT2D eigenvalue weighted by Crippen LogP contribution is -2.43. The average molecular weight is 239 g/mol. The Kier molecular flexibility index (Phi) is 3.69. The number of rotatable bonds is 5. The largest absolute Gasteiger partial charge is 0.478 e. The van der Waals surface area contributed by atoms with Crippen molar-refractivity contribution in [3.63, 3.8) is 0 Å². The number of carboxylic acids is 2. The fourth-order valence-electron chi connectivity index (χ4n) is 1.37. The van der Waals surface area contributed by atoms with Crippen molar-refractivity contribution in [3.05, 3.63) is 29.8 Å². The maximum Gasteiger partial charge on any atom is 0.352 e. The third-order valence-corrected chi connectivity index (χ3v) is 2.30. The minimum absolute atomic E-state index is 0.195. The monoisotopic (exact) mass is 239 g/mol. The molecule has 0 aliphatic heterocycles. The van der Waals surface area contributed by atoms with Crippen molar-refractivity contribution in [2.45, 2.75) is 12.5 Å². The number of anilines is 1. The highest BCUT2D eigenvalue weighted by atomic mass is 16.4. The Morgan fingerprint density at radius 3 is 2.00 bits per heavy atom. The number of carboxylic acid groups (broad SMARTS) is 2. The molecular weight excluding hydrogens is 226 g/mol. The van der Waals surface area contributed by atoms with Crippen LogP contribution in [0.2, 0.25) is 0 Å². The lowest BCUT2D eigenvalue weighted by atomic mass is 9.94. The van der Waals surface area contributed by atoms with Crippen molar-refractivity contribution in [1.82, 2.24) is 0 Å². The molecule has 0 fully saturated rings. The van der Waals surface area contributed by atoms with Gasteiger partial charge < -0.3 is 20.6 Å². The summed E-state index contributed by atoms with van der Waals surface area (Å²) >= 11 is 0. The smallest absolute Gasteiger partial charge is 0.352 e. The Morgan fingerprint density at radius 1 is 1.18 bits per heavy atom. The molecular formula is C11H13NO5. The van der Waals surface area contributed by atoms with Crippen molar-refractivity contribution in [1.29, 1.82) is 0 Å². The molecule has 0 saturated carbocycles. The summed E-state index contributed by atoms with van der Waals surface area (Å²) < 4.78 is 0. The fourth-order valence-corrected chi connectivity index (χ4v) is 1.37. The van der Waals surface area contributed by atoms with E-state index in [0.29, 0.717) is 6.54 Å². The number of aliphatic hydroxyl groups is 1. The van der Waals surface area contributed by atoms with E-state index in [-0.39, 0.29) is 5.56 Å². The SMILES string of the molecule is CCNc1ccc(C(O)(C(=O)O)C(=O)O)cc1. The highest BCUT2D eigenvalue weighted by Gasteiger charge is 2.46. The quantitative estimate of drug-likeness (QED) is 0.556. The standard InChI is InChI=1S/C11H13NO5/c1-2-12-8-5-3-7(4-6-8)11(17,9(13)14)10(15)16/h3-6,12,17H,2H2,1H3,(H,13,14)(H,15,16). The maximum atomic E-state index is 10.8. The van der Waals surface area contributed by atoms with Crippen molar-refractivity contribution in [2.24, 2.45) is 0 Å². The van der Waals surface area contributed by atoms with Crippen LogP contribution in [0.3, 0.4) is 0 Å². The average Bonchev–Trinajstić information content (AvgIpc) is 2.28. The van der Waals surface area contributed by atoms with Crippen molar-refractivity contribution >= 4 is 17.6 Å². The second-order valence-corrected chi connectivity index (χ2v) is 3.43. The second-order valence-electron chi connectivity index (χ2n) is 3.43. The zero-order chi connectivity index (χ0) is 13.1. The third kappa shape index (κ3) is 2.36. The molecule has 0 aliphatic carbocycles. The minimum atomic E-state index is -2.91. The van der Waals surface area contributed by atoms with Crippen molar-refractivity contribution in [2.75, 3.05) is 11.9 Å². The van der Waals surface area contributed by atoms with E-state index in [1.165, 1.54) is 24.3 Å². The van der Waals surface area contributed by atoms with Gasteiger partial charge in [-0.15, -0.1) is 0 Å². The van der Waals surface area contributed by atoms with Gasteiger partial charge in [-0.05, 0) is 19.1 Å². The van der Waals surface area contributed by atoms with Crippen LogP contribution >= 0.6 is 0 Å². The molecule has 0 spiro atoms. The first-order chi connectivity index (χ1) is 7.92. The molecule has 0 saturated heterocycles. The van der Waals surface area contributed by atoms with Crippen LogP contribution < -0.4 is 5.32 Å². The van der Waals surface area contributed by atoms with Gasteiger partial charge in [-0.2, -0.15) is 0 Å². The van der Waals surface area contributed by atoms with Gasteiger partial charge in [-0.25, -0.2) is 9.59 Å². The second kappa shape index (κ2) is 4.84. The van der Waals surface area contributed by atoms with Gasteiger partial charge in [0.05, 0.1) is 0 Å². The van der Waals surface area contributed by atoms with Gasteiger partial charge in [0.25, 0.3) is 5.60 Å². The lowest BCUT2D eigenvalue weighted by Gasteiger charge is -2.18. The molecule has 0 heterocycles. The topological polar surface area (TPSA) is 107 Å². The summed E-state index contributed by atoms with van der Waals surface area (Å²) in [6.45, 7) is 2.57. The molecule has 6 nitrogen and oxygen atoms in total. The molecule has 0 radical (unpaired) electrons. The minimum Gasteiger partial charge on any atom is -0.478 e. The Hall–Kier alpha value is -2.08.